The van der Waals surface area contributed by atoms with Crippen molar-refractivity contribution in [3.8, 4) is 0 Å². The fourth-order valence-electron chi connectivity index (χ4n) is 2.14. The predicted octanol–water partition coefficient (Wildman–Crippen LogP) is 3.29. The van der Waals surface area contributed by atoms with E-state index in [0.29, 0.717) is 16.4 Å². The molecule has 0 saturated carbocycles. The molecule has 0 bridgehead atoms. The highest BCUT2D eigenvalue weighted by atomic mass is 35.5. The van der Waals surface area contributed by atoms with E-state index in [2.05, 4.69) is 0 Å². The van der Waals surface area contributed by atoms with Crippen LogP contribution in [0.25, 0.3) is 0 Å². The molecule has 1 N–H and O–H groups in total. The molecule has 2 aromatic rings. The topological polar surface area (TPSA) is 64.5 Å². The number of urea groups is 1. The van der Waals surface area contributed by atoms with Gasteiger partial charge in [0.2, 0.25) is 5.84 Å². The van der Waals surface area contributed by atoms with Gasteiger partial charge in [0.1, 0.15) is 0 Å². The number of carbonyl (C=O) groups excluding carboxylic acids is 2. The molecule has 0 aliphatic carbocycles. The highest BCUT2D eigenvalue weighted by Gasteiger charge is 2.43. The molecular formula is C15H10ClN3O2. The third-order valence-electron chi connectivity index (χ3n) is 3.09. The standard InChI is InChI=1S/C15H10ClN3O2/c16-10-5-4-8-12(9-10)18-13(17)14(20)19(15(18)21)11-6-2-1-3-7-11/h1-9,17H. The first-order valence-electron chi connectivity index (χ1n) is 6.17. The van der Waals surface area contributed by atoms with E-state index >= 15 is 0 Å². The van der Waals surface area contributed by atoms with E-state index in [1.165, 1.54) is 6.07 Å². The zero-order chi connectivity index (χ0) is 15.0. The molecule has 3 rings (SSSR count). The maximum Gasteiger partial charge on any atom is 0.342 e. The molecule has 0 unspecified atom stereocenters. The van der Waals surface area contributed by atoms with Crippen LogP contribution >= 0.6 is 11.6 Å². The van der Waals surface area contributed by atoms with Gasteiger partial charge in [-0.3, -0.25) is 10.2 Å². The number of halogens is 1. The number of anilines is 2. The Balaban J connectivity index is 2.04. The number of amidine groups is 1. The van der Waals surface area contributed by atoms with Crippen LogP contribution in [0.1, 0.15) is 0 Å². The normalized spacial score (nSPS) is 15.0. The number of rotatable bonds is 2. The monoisotopic (exact) mass is 299 g/mol. The van der Waals surface area contributed by atoms with Gasteiger partial charge in [0.05, 0.1) is 11.4 Å². The number of amides is 3. The lowest BCUT2D eigenvalue weighted by Gasteiger charge is -2.16. The number of nitrogens with one attached hydrogen (secondary N) is 1. The highest BCUT2D eigenvalue weighted by Crippen LogP contribution is 2.28. The molecule has 5 nitrogen and oxygen atoms in total. The van der Waals surface area contributed by atoms with Crippen molar-refractivity contribution in [3.05, 3.63) is 59.6 Å². The third kappa shape index (κ3) is 2.17. The van der Waals surface area contributed by atoms with E-state index in [9.17, 15) is 9.59 Å². The number of para-hydroxylation sites is 1. The van der Waals surface area contributed by atoms with Crippen molar-refractivity contribution in [1.82, 2.24) is 0 Å². The molecule has 3 amide bonds. The van der Waals surface area contributed by atoms with E-state index in [0.717, 1.165) is 9.80 Å². The van der Waals surface area contributed by atoms with E-state index in [1.807, 2.05) is 0 Å². The number of nitrogens with zero attached hydrogens (tertiary/aromatic N) is 2. The Labute approximate surface area is 125 Å². The summed E-state index contributed by atoms with van der Waals surface area (Å²) in [6.07, 6.45) is 0. The molecule has 1 heterocycles. The largest absolute Gasteiger partial charge is 0.342 e. The second-order valence-corrected chi connectivity index (χ2v) is 4.86. The maximum atomic E-state index is 12.5. The fourth-order valence-corrected chi connectivity index (χ4v) is 2.33. The summed E-state index contributed by atoms with van der Waals surface area (Å²) in [5.41, 5.74) is 0.825. The van der Waals surface area contributed by atoms with Crippen LogP contribution in [0.2, 0.25) is 5.02 Å². The Kier molecular flexibility index (Phi) is 3.19. The molecular weight excluding hydrogens is 290 g/mol. The molecule has 21 heavy (non-hydrogen) atoms. The van der Waals surface area contributed by atoms with Crippen molar-refractivity contribution in [2.45, 2.75) is 0 Å². The van der Waals surface area contributed by atoms with Gasteiger partial charge >= 0.3 is 11.9 Å². The van der Waals surface area contributed by atoms with Crippen molar-refractivity contribution in [1.29, 1.82) is 5.41 Å². The number of hydrogen-bond donors (Lipinski definition) is 1. The summed E-state index contributed by atoms with van der Waals surface area (Å²) in [5.74, 6) is -1.06. The Bertz CT molecular complexity index is 746. The second kappa shape index (κ2) is 5.03. The van der Waals surface area contributed by atoms with Gasteiger partial charge < -0.3 is 0 Å². The van der Waals surface area contributed by atoms with E-state index in [4.69, 9.17) is 17.0 Å². The zero-order valence-electron chi connectivity index (χ0n) is 10.8. The van der Waals surface area contributed by atoms with Crippen LogP contribution in [0, 0.1) is 5.41 Å². The smallest absolute Gasteiger partial charge is 0.279 e. The van der Waals surface area contributed by atoms with Gasteiger partial charge in [0.25, 0.3) is 0 Å². The first-order chi connectivity index (χ1) is 10.1. The lowest BCUT2D eigenvalue weighted by atomic mass is 10.3. The Morgan fingerprint density at radius 2 is 1.52 bits per heavy atom. The van der Waals surface area contributed by atoms with Crippen LogP contribution in [0.4, 0.5) is 16.2 Å². The molecule has 1 saturated heterocycles. The minimum atomic E-state index is -0.661. The van der Waals surface area contributed by atoms with Gasteiger partial charge in [-0.25, -0.2) is 14.6 Å². The van der Waals surface area contributed by atoms with Gasteiger partial charge in [0.15, 0.2) is 0 Å². The van der Waals surface area contributed by atoms with Crippen LogP contribution in [0.15, 0.2) is 54.6 Å². The fraction of sp³-hybridized carbons (Fsp3) is 0. The summed E-state index contributed by atoms with van der Waals surface area (Å²) >= 11 is 5.90. The number of carbonyl (C=O) groups is 2. The summed E-state index contributed by atoms with van der Waals surface area (Å²) in [4.78, 5) is 26.7. The van der Waals surface area contributed by atoms with Crippen LogP contribution in [0.5, 0.6) is 0 Å². The quantitative estimate of drug-likeness (QED) is 0.865. The summed E-state index contributed by atoms with van der Waals surface area (Å²) in [7, 11) is 0. The molecule has 6 heteroatoms. The molecule has 2 aromatic carbocycles. The molecule has 1 fully saturated rings. The van der Waals surface area contributed by atoms with E-state index < -0.39 is 17.8 Å². The molecule has 0 atom stereocenters. The SMILES string of the molecule is N=C1C(=O)N(c2ccccc2)C(=O)N1c1cccc(Cl)c1. The third-order valence-corrected chi connectivity index (χ3v) is 3.33. The van der Waals surface area contributed by atoms with E-state index in [1.54, 1.807) is 48.5 Å². The van der Waals surface area contributed by atoms with Gasteiger partial charge in [-0.05, 0) is 30.3 Å². The van der Waals surface area contributed by atoms with Crippen molar-refractivity contribution < 1.29 is 9.59 Å². The van der Waals surface area contributed by atoms with Gasteiger partial charge in [0, 0.05) is 5.02 Å². The first kappa shape index (κ1) is 13.3. The van der Waals surface area contributed by atoms with E-state index in [-0.39, 0.29) is 0 Å². The molecule has 0 radical (unpaired) electrons. The Hall–Kier alpha value is -2.66. The summed E-state index contributed by atoms with van der Waals surface area (Å²) in [6, 6.07) is 14.4. The lowest BCUT2D eigenvalue weighted by Crippen LogP contribution is -2.33. The highest BCUT2D eigenvalue weighted by molar-refractivity contribution is 6.61. The van der Waals surface area contributed by atoms with Crippen molar-refractivity contribution >= 4 is 40.7 Å². The summed E-state index contributed by atoms with van der Waals surface area (Å²) < 4.78 is 0. The predicted molar refractivity (Wildman–Crippen MR) is 81.0 cm³/mol. The Morgan fingerprint density at radius 3 is 2.19 bits per heavy atom. The number of hydrogen-bond acceptors (Lipinski definition) is 3. The number of benzene rings is 2. The van der Waals surface area contributed by atoms with Crippen molar-refractivity contribution in [2.75, 3.05) is 9.80 Å². The molecule has 1 aliphatic heterocycles. The average molecular weight is 300 g/mol. The lowest BCUT2D eigenvalue weighted by molar-refractivity contribution is -0.111. The minimum Gasteiger partial charge on any atom is -0.279 e. The Morgan fingerprint density at radius 1 is 0.857 bits per heavy atom. The minimum absolute atomic E-state index is 0.393. The molecule has 1 aliphatic rings. The zero-order valence-corrected chi connectivity index (χ0v) is 11.5. The maximum absolute atomic E-state index is 12.5. The van der Waals surface area contributed by atoms with Crippen LogP contribution in [0.3, 0.4) is 0 Å². The number of imide groups is 1. The van der Waals surface area contributed by atoms with Crippen LogP contribution < -0.4 is 9.80 Å². The second-order valence-electron chi connectivity index (χ2n) is 4.42. The van der Waals surface area contributed by atoms with Crippen LogP contribution in [-0.4, -0.2) is 17.8 Å². The van der Waals surface area contributed by atoms with Gasteiger partial charge in [-0.2, -0.15) is 0 Å². The van der Waals surface area contributed by atoms with Crippen molar-refractivity contribution in [2.24, 2.45) is 0 Å². The van der Waals surface area contributed by atoms with Gasteiger partial charge in [-0.1, -0.05) is 35.9 Å². The average Bonchev–Trinajstić information content (AvgIpc) is 2.70. The first-order valence-corrected chi connectivity index (χ1v) is 6.55. The van der Waals surface area contributed by atoms with Crippen LogP contribution in [-0.2, 0) is 4.79 Å². The molecule has 0 aromatic heterocycles. The summed E-state index contributed by atoms with van der Waals surface area (Å²) in [5, 5.41) is 8.33. The van der Waals surface area contributed by atoms with Crippen molar-refractivity contribution in [3.63, 3.8) is 0 Å². The summed E-state index contributed by atoms with van der Waals surface area (Å²) in [6.45, 7) is 0. The van der Waals surface area contributed by atoms with Gasteiger partial charge in [-0.15, -0.1) is 0 Å². The molecule has 104 valence electrons. The molecule has 0 spiro atoms.